The van der Waals surface area contributed by atoms with Gasteiger partial charge in [0.05, 0.1) is 0 Å². The van der Waals surface area contributed by atoms with E-state index in [4.69, 9.17) is 4.74 Å². The smallest absolute Gasteiger partial charge is 0.314 e. The second kappa shape index (κ2) is 5.55. The van der Waals surface area contributed by atoms with Crippen LogP contribution in [0.25, 0.3) is 0 Å². The van der Waals surface area contributed by atoms with E-state index in [-0.39, 0.29) is 5.88 Å². The Kier molecular flexibility index (Phi) is 4.13. The molecule has 0 atom stereocenters. The van der Waals surface area contributed by atoms with Gasteiger partial charge in [0, 0.05) is 22.4 Å². The van der Waals surface area contributed by atoms with Crippen molar-refractivity contribution < 1.29 is 13.5 Å². The van der Waals surface area contributed by atoms with Crippen molar-refractivity contribution in [2.75, 3.05) is 0 Å². The largest absolute Gasteiger partial charge is 0.431 e. The van der Waals surface area contributed by atoms with Crippen LogP contribution in [-0.4, -0.2) is 9.55 Å². The summed E-state index contributed by atoms with van der Waals surface area (Å²) in [7, 11) is 0. The zero-order chi connectivity index (χ0) is 15.8. The summed E-state index contributed by atoms with van der Waals surface area (Å²) in [4.78, 5) is 16.0. The van der Waals surface area contributed by atoms with Crippen molar-refractivity contribution in [1.29, 1.82) is 0 Å². The van der Waals surface area contributed by atoms with Gasteiger partial charge in [0.25, 0.3) is 5.88 Å². The third-order valence-electron chi connectivity index (χ3n) is 2.70. The molecule has 21 heavy (non-hydrogen) atoms. The van der Waals surface area contributed by atoms with E-state index in [0.717, 1.165) is 6.07 Å². The summed E-state index contributed by atoms with van der Waals surface area (Å²) < 4.78 is 33.8. The SMILES string of the molecule is CC(C)(C)n1ccnc(Oc2cc(Br)cc(F)c2F)c1=O. The van der Waals surface area contributed by atoms with Crippen LogP contribution < -0.4 is 10.3 Å². The van der Waals surface area contributed by atoms with E-state index in [1.54, 1.807) is 0 Å². The van der Waals surface area contributed by atoms with Crippen LogP contribution in [0.4, 0.5) is 8.78 Å². The van der Waals surface area contributed by atoms with Crippen LogP contribution in [0.2, 0.25) is 0 Å². The molecule has 2 rings (SSSR count). The number of rotatable bonds is 2. The molecule has 0 saturated carbocycles. The first-order valence-corrected chi connectivity index (χ1v) is 6.90. The molecule has 1 heterocycles. The molecule has 0 aliphatic carbocycles. The van der Waals surface area contributed by atoms with Gasteiger partial charge in [0.2, 0.25) is 5.82 Å². The number of ether oxygens (including phenoxy) is 1. The Bertz CT molecular complexity index is 739. The molecular weight excluding hydrogens is 346 g/mol. The number of aromatic nitrogens is 2. The van der Waals surface area contributed by atoms with Gasteiger partial charge in [-0.25, -0.2) is 9.37 Å². The lowest BCUT2D eigenvalue weighted by atomic mass is 10.1. The lowest BCUT2D eigenvalue weighted by Crippen LogP contribution is -2.34. The molecule has 112 valence electrons. The second-order valence-corrected chi connectivity index (χ2v) is 6.30. The molecule has 1 aromatic heterocycles. The Labute approximate surface area is 128 Å². The molecule has 7 heteroatoms. The van der Waals surface area contributed by atoms with Gasteiger partial charge in [0.15, 0.2) is 11.6 Å². The van der Waals surface area contributed by atoms with Crippen LogP contribution in [0.15, 0.2) is 33.8 Å². The van der Waals surface area contributed by atoms with Gasteiger partial charge in [-0.05, 0) is 32.9 Å². The van der Waals surface area contributed by atoms with Gasteiger partial charge in [-0.3, -0.25) is 4.79 Å². The molecular formula is C14H13BrF2N2O2. The Balaban J connectivity index is 2.49. The van der Waals surface area contributed by atoms with Crippen molar-refractivity contribution >= 4 is 15.9 Å². The number of benzene rings is 1. The lowest BCUT2D eigenvalue weighted by molar-refractivity contribution is 0.354. The average Bonchev–Trinajstić information content (AvgIpc) is 2.36. The lowest BCUT2D eigenvalue weighted by Gasteiger charge is -2.22. The summed E-state index contributed by atoms with van der Waals surface area (Å²) in [6, 6.07) is 2.20. The molecule has 0 saturated heterocycles. The highest BCUT2D eigenvalue weighted by atomic mass is 79.9. The summed E-state index contributed by atoms with van der Waals surface area (Å²) in [5.41, 5.74) is -1.01. The zero-order valence-electron chi connectivity index (χ0n) is 11.7. The molecule has 0 amide bonds. The number of hydrogen-bond acceptors (Lipinski definition) is 3. The zero-order valence-corrected chi connectivity index (χ0v) is 13.2. The molecule has 0 unspecified atom stereocenters. The molecule has 0 radical (unpaired) electrons. The third kappa shape index (κ3) is 3.29. The standard InChI is InChI=1S/C14H13BrF2N2O2/c1-14(2,3)19-5-4-18-12(13(19)20)21-10-7-8(15)6-9(16)11(10)17/h4-7H,1-3H3. The summed E-state index contributed by atoms with van der Waals surface area (Å²) in [5.74, 6) is -2.97. The molecule has 0 aliphatic heterocycles. The maximum Gasteiger partial charge on any atom is 0.314 e. The van der Waals surface area contributed by atoms with Crippen molar-refractivity contribution in [2.45, 2.75) is 26.3 Å². The van der Waals surface area contributed by atoms with Gasteiger partial charge >= 0.3 is 5.56 Å². The summed E-state index contributed by atoms with van der Waals surface area (Å²) >= 11 is 3.03. The minimum absolute atomic E-state index is 0.295. The van der Waals surface area contributed by atoms with E-state index in [1.807, 2.05) is 20.8 Å². The Hall–Kier alpha value is -1.76. The minimum atomic E-state index is -1.18. The van der Waals surface area contributed by atoms with Crippen LogP contribution in [0.1, 0.15) is 20.8 Å². The first kappa shape index (κ1) is 15.6. The van der Waals surface area contributed by atoms with Gasteiger partial charge < -0.3 is 9.30 Å². The number of halogens is 3. The highest BCUT2D eigenvalue weighted by molar-refractivity contribution is 9.10. The van der Waals surface area contributed by atoms with E-state index in [0.29, 0.717) is 4.47 Å². The van der Waals surface area contributed by atoms with E-state index < -0.39 is 28.5 Å². The second-order valence-electron chi connectivity index (χ2n) is 5.38. The molecule has 0 bridgehead atoms. The molecule has 0 aliphatic rings. The average molecular weight is 359 g/mol. The van der Waals surface area contributed by atoms with E-state index in [2.05, 4.69) is 20.9 Å². The monoisotopic (exact) mass is 358 g/mol. The minimum Gasteiger partial charge on any atom is -0.431 e. The van der Waals surface area contributed by atoms with Crippen molar-refractivity contribution in [3.63, 3.8) is 0 Å². The molecule has 2 aromatic rings. The third-order valence-corrected chi connectivity index (χ3v) is 3.16. The Morgan fingerprint density at radius 3 is 2.57 bits per heavy atom. The predicted molar refractivity (Wildman–Crippen MR) is 77.6 cm³/mol. The van der Waals surface area contributed by atoms with Crippen LogP contribution in [-0.2, 0) is 5.54 Å². The molecule has 4 nitrogen and oxygen atoms in total. The Morgan fingerprint density at radius 2 is 1.95 bits per heavy atom. The quantitative estimate of drug-likeness (QED) is 0.766. The van der Waals surface area contributed by atoms with Crippen molar-refractivity contribution in [1.82, 2.24) is 9.55 Å². The first-order valence-electron chi connectivity index (χ1n) is 6.10. The fourth-order valence-electron chi connectivity index (χ4n) is 1.70. The van der Waals surface area contributed by atoms with Gasteiger partial charge in [-0.2, -0.15) is 4.39 Å². The summed E-state index contributed by atoms with van der Waals surface area (Å²) in [6.45, 7) is 5.49. The number of hydrogen-bond donors (Lipinski definition) is 0. The van der Waals surface area contributed by atoms with Crippen molar-refractivity contribution in [3.8, 4) is 11.6 Å². The molecule has 1 aromatic carbocycles. The normalized spacial score (nSPS) is 11.5. The van der Waals surface area contributed by atoms with E-state index in [1.165, 1.54) is 23.0 Å². The molecule has 0 fully saturated rings. The summed E-state index contributed by atoms with van der Waals surface area (Å²) in [6.07, 6.45) is 2.88. The van der Waals surface area contributed by atoms with Crippen LogP contribution >= 0.6 is 15.9 Å². The molecule has 0 N–H and O–H groups in total. The highest BCUT2D eigenvalue weighted by Gasteiger charge is 2.19. The number of nitrogens with zero attached hydrogens (tertiary/aromatic N) is 2. The maximum atomic E-state index is 13.7. The maximum absolute atomic E-state index is 13.7. The fourth-order valence-corrected chi connectivity index (χ4v) is 2.11. The topological polar surface area (TPSA) is 44.1 Å². The van der Waals surface area contributed by atoms with Crippen molar-refractivity contribution in [3.05, 3.63) is 51.0 Å². The van der Waals surface area contributed by atoms with Crippen LogP contribution in [0.3, 0.4) is 0 Å². The van der Waals surface area contributed by atoms with Crippen molar-refractivity contribution in [2.24, 2.45) is 0 Å². The van der Waals surface area contributed by atoms with Crippen LogP contribution in [0.5, 0.6) is 11.6 Å². The predicted octanol–water partition coefficient (Wildman–Crippen LogP) is 3.83. The van der Waals surface area contributed by atoms with E-state index >= 15 is 0 Å². The van der Waals surface area contributed by atoms with Gasteiger partial charge in [-0.1, -0.05) is 15.9 Å². The fraction of sp³-hybridized carbons (Fsp3) is 0.286. The van der Waals surface area contributed by atoms with Crippen LogP contribution in [0, 0.1) is 11.6 Å². The van der Waals surface area contributed by atoms with E-state index in [9.17, 15) is 13.6 Å². The van der Waals surface area contributed by atoms with Gasteiger partial charge in [-0.15, -0.1) is 0 Å². The van der Waals surface area contributed by atoms with Gasteiger partial charge in [0.1, 0.15) is 0 Å². The highest BCUT2D eigenvalue weighted by Crippen LogP contribution is 2.27. The summed E-state index contributed by atoms with van der Waals surface area (Å²) in [5, 5.41) is 0. The first-order chi connectivity index (χ1) is 9.70. The molecule has 0 spiro atoms. The Morgan fingerprint density at radius 1 is 1.29 bits per heavy atom.